The zero-order valence-corrected chi connectivity index (χ0v) is 18.8. The van der Waals surface area contributed by atoms with Gasteiger partial charge in [0.15, 0.2) is 5.58 Å². The number of aromatic nitrogens is 2. The molecule has 1 saturated heterocycles. The van der Waals surface area contributed by atoms with Gasteiger partial charge >= 0.3 is 0 Å². The number of nitrogens with zero attached hydrogens (tertiary/aromatic N) is 3. The van der Waals surface area contributed by atoms with Crippen molar-refractivity contribution in [2.45, 2.75) is 6.54 Å². The van der Waals surface area contributed by atoms with Crippen molar-refractivity contribution < 1.29 is 18.7 Å². The Balaban J connectivity index is 1.32. The second kappa shape index (κ2) is 9.90. The maximum Gasteiger partial charge on any atom is 0.300 e. The van der Waals surface area contributed by atoms with Crippen LogP contribution < -0.4 is 15.4 Å². The maximum atomic E-state index is 11.8. The van der Waals surface area contributed by atoms with E-state index in [1.54, 1.807) is 31.3 Å². The maximum absolute atomic E-state index is 11.8. The van der Waals surface area contributed by atoms with Crippen molar-refractivity contribution >= 4 is 28.7 Å². The Morgan fingerprint density at radius 3 is 2.76 bits per heavy atom. The minimum Gasteiger partial charge on any atom is -0.457 e. The summed E-state index contributed by atoms with van der Waals surface area (Å²) < 4.78 is 17.3. The monoisotopic (exact) mass is 459 g/mol. The number of rotatable bonds is 7. The van der Waals surface area contributed by atoms with Gasteiger partial charge in [-0.2, -0.15) is 4.98 Å². The van der Waals surface area contributed by atoms with Crippen LogP contribution in [0.25, 0.3) is 11.1 Å². The topological polar surface area (TPSA) is 102 Å². The fraction of sp³-hybridized carbons (Fsp3) is 0.240. The van der Waals surface area contributed by atoms with Gasteiger partial charge in [0.2, 0.25) is 0 Å². The standard InChI is InChI=1S/C25H25N5O4/c1-26-24(31)22-14-19(8-9-27-22)33-18-6-7-21-23(15-18)34-25(29-21)28-20-5-3-2-4-17(20)16-30-10-12-32-13-11-30/h2-9,14-15H,10-13,16H2,1H3,(H,26,31)(H,28,29). The Kier molecular flexibility index (Phi) is 6.37. The molecule has 0 bridgehead atoms. The summed E-state index contributed by atoms with van der Waals surface area (Å²) in [5, 5.41) is 5.87. The quantitative estimate of drug-likeness (QED) is 0.428. The van der Waals surface area contributed by atoms with E-state index in [1.165, 1.54) is 11.8 Å². The number of pyridine rings is 1. The molecule has 2 N–H and O–H groups in total. The first-order chi connectivity index (χ1) is 16.7. The Labute approximate surface area is 196 Å². The van der Waals surface area contributed by atoms with E-state index in [9.17, 15) is 4.79 Å². The van der Waals surface area contributed by atoms with Crippen LogP contribution in [0.15, 0.2) is 65.2 Å². The molecular formula is C25H25N5O4. The summed E-state index contributed by atoms with van der Waals surface area (Å²) in [7, 11) is 1.56. The molecule has 1 amide bonds. The van der Waals surface area contributed by atoms with Gasteiger partial charge in [0, 0.05) is 50.7 Å². The average molecular weight is 460 g/mol. The number of anilines is 2. The van der Waals surface area contributed by atoms with Gasteiger partial charge in [-0.1, -0.05) is 18.2 Å². The molecule has 1 fully saturated rings. The largest absolute Gasteiger partial charge is 0.457 e. The minimum atomic E-state index is -0.277. The molecule has 34 heavy (non-hydrogen) atoms. The number of ether oxygens (including phenoxy) is 2. The Hall–Kier alpha value is -3.95. The van der Waals surface area contributed by atoms with E-state index in [2.05, 4.69) is 31.6 Å². The number of nitrogens with one attached hydrogen (secondary N) is 2. The van der Waals surface area contributed by atoms with E-state index < -0.39 is 0 Å². The van der Waals surface area contributed by atoms with Crippen molar-refractivity contribution in [3.8, 4) is 11.5 Å². The Bertz CT molecular complexity index is 1300. The van der Waals surface area contributed by atoms with Crippen molar-refractivity contribution in [3.05, 3.63) is 72.1 Å². The molecule has 2 aromatic carbocycles. The van der Waals surface area contributed by atoms with Gasteiger partial charge in [0.25, 0.3) is 11.9 Å². The molecule has 0 spiro atoms. The van der Waals surface area contributed by atoms with Gasteiger partial charge in [-0.05, 0) is 29.8 Å². The fourth-order valence-corrected chi connectivity index (χ4v) is 3.78. The lowest BCUT2D eigenvalue weighted by Crippen LogP contribution is -2.35. The van der Waals surface area contributed by atoms with E-state index in [1.807, 2.05) is 24.3 Å². The number of fused-ring (bicyclic) bond motifs is 1. The number of benzene rings is 2. The van der Waals surface area contributed by atoms with Crippen molar-refractivity contribution in [1.29, 1.82) is 0 Å². The first-order valence-corrected chi connectivity index (χ1v) is 11.1. The molecule has 2 aromatic heterocycles. The highest BCUT2D eigenvalue weighted by Crippen LogP contribution is 2.29. The molecule has 5 rings (SSSR count). The van der Waals surface area contributed by atoms with Crippen molar-refractivity contribution in [3.63, 3.8) is 0 Å². The van der Waals surface area contributed by atoms with Crippen LogP contribution in [0.4, 0.5) is 11.7 Å². The molecule has 9 heteroatoms. The SMILES string of the molecule is CNC(=O)c1cc(Oc2ccc3nc(Nc4ccccc4CN4CCOCC4)oc3c2)ccn1. The number of carbonyl (C=O) groups excluding carboxylic acids is 1. The summed E-state index contributed by atoms with van der Waals surface area (Å²) in [6.07, 6.45) is 1.53. The second-order valence-corrected chi connectivity index (χ2v) is 7.88. The van der Waals surface area contributed by atoms with Crippen LogP contribution in [0.1, 0.15) is 16.1 Å². The zero-order chi connectivity index (χ0) is 23.3. The number of oxazole rings is 1. The summed E-state index contributed by atoms with van der Waals surface area (Å²) >= 11 is 0. The zero-order valence-electron chi connectivity index (χ0n) is 18.8. The molecule has 1 aliphatic rings. The van der Waals surface area contributed by atoms with Crippen LogP contribution in [0.2, 0.25) is 0 Å². The lowest BCUT2D eigenvalue weighted by atomic mass is 10.1. The van der Waals surface area contributed by atoms with Crippen molar-refractivity contribution in [2.24, 2.45) is 0 Å². The third kappa shape index (κ3) is 5.00. The number of amides is 1. The fourth-order valence-electron chi connectivity index (χ4n) is 3.78. The van der Waals surface area contributed by atoms with E-state index in [4.69, 9.17) is 13.9 Å². The minimum absolute atomic E-state index is 0.277. The summed E-state index contributed by atoms with van der Waals surface area (Å²) in [6.45, 7) is 4.19. The highest BCUT2D eigenvalue weighted by Gasteiger charge is 2.15. The summed E-state index contributed by atoms with van der Waals surface area (Å²) in [5.74, 6) is 0.792. The number of hydrogen-bond acceptors (Lipinski definition) is 8. The molecule has 0 atom stereocenters. The van der Waals surface area contributed by atoms with Gasteiger partial charge in [-0.15, -0.1) is 0 Å². The van der Waals surface area contributed by atoms with Crippen molar-refractivity contribution in [1.82, 2.24) is 20.2 Å². The molecule has 0 unspecified atom stereocenters. The Morgan fingerprint density at radius 2 is 1.91 bits per heavy atom. The van der Waals surface area contributed by atoms with Crippen LogP contribution in [0, 0.1) is 0 Å². The summed E-state index contributed by atoms with van der Waals surface area (Å²) in [5.41, 5.74) is 3.70. The van der Waals surface area contributed by atoms with Crippen LogP contribution >= 0.6 is 0 Å². The van der Waals surface area contributed by atoms with Gasteiger partial charge in [-0.25, -0.2) is 0 Å². The van der Waals surface area contributed by atoms with Gasteiger partial charge in [0.1, 0.15) is 22.7 Å². The smallest absolute Gasteiger partial charge is 0.300 e. The summed E-state index contributed by atoms with van der Waals surface area (Å²) in [4.78, 5) is 22.8. The molecule has 0 saturated carbocycles. The number of morpholine rings is 1. The third-order valence-corrected chi connectivity index (χ3v) is 5.54. The van der Waals surface area contributed by atoms with Gasteiger partial charge < -0.3 is 24.5 Å². The highest BCUT2D eigenvalue weighted by molar-refractivity contribution is 5.92. The third-order valence-electron chi connectivity index (χ3n) is 5.54. The van der Waals surface area contributed by atoms with Gasteiger partial charge in [0.05, 0.1) is 13.2 Å². The van der Waals surface area contributed by atoms with E-state index in [0.717, 1.165) is 38.5 Å². The molecular weight excluding hydrogens is 434 g/mol. The molecule has 1 aliphatic heterocycles. The number of para-hydroxylation sites is 1. The van der Waals surface area contributed by atoms with E-state index >= 15 is 0 Å². The summed E-state index contributed by atoms with van der Waals surface area (Å²) in [6, 6.07) is 17.2. The molecule has 0 radical (unpaired) electrons. The molecule has 9 nitrogen and oxygen atoms in total. The van der Waals surface area contributed by atoms with Crippen molar-refractivity contribution in [2.75, 3.05) is 38.7 Å². The highest BCUT2D eigenvalue weighted by atomic mass is 16.5. The number of hydrogen-bond donors (Lipinski definition) is 2. The predicted octanol–water partition coefficient (Wildman–Crippen LogP) is 3.95. The number of carbonyl (C=O) groups is 1. The molecule has 4 aromatic rings. The van der Waals surface area contributed by atoms with Gasteiger partial charge in [-0.3, -0.25) is 14.7 Å². The molecule has 174 valence electrons. The van der Waals surface area contributed by atoms with Crippen LogP contribution in [0.3, 0.4) is 0 Å². The first-order valence-electron chi connectivity index (χ1n) is 11.1. The van der Waals surface area contributed by atoms with Crippen LogP contribution in [0.5, 0.6) is 11.5 Å². The van der Waals surface area contributed by atoms with Crippen LogP contribution in [-0.4, -0.2) is 54.1 Å². The average Bonchev–Trinajstić information content (AvgIpc) is 3.27. The normalized spacial score (nSPS) is 14.1. The Morgan fingerprint density at radius 1 is 1.09 bits per heavy atom. The van der Waals surface area contributed by atoms with E-state index in [0.29, 0.717) is 28.6 Å². The van der Waals surface area contributed by atoms with Crippen LogP contribution in [-0.2, 0) is 11.3 Å². The first kappa shape index (κ1) is 21.9. The second-order valence-electron chi connectivity index (χ2n) is 7.88. The lowest BCUT2D eigenvalue weighted by Gasteiger charge is -2.27. The predicted molar refractivity (Wildman–Crippen MR) is 128 cm³/mol. The molecule has 3 heterocycles. The van der Waals surface area contributed by atoms with E-state index in [-0.39, 0.29) is 11.6 Å². The lowest BCUT2D eigenvalue weighted by molar-refractivity contribution is 0.0343. The molecule has 0 aliphatic carbocycles.